The topological polar surface area (TPSA) is 140 Å². The summed E-state index contributed by atoms with van der Waals surface area (Å²) in [4.78, 5) is 48.2. The minimum absolute atomic E-state index is 0.0102. The second-order valence-electron chi connectivity index (χ2n) is 13.5. The van der Waals surface area contributed by atoms with Crippen molar-refractivity contribution in [3.05, 3.63) is 90.1 Å². The lowest BCUT2D eigenvalue weighted by Gasteiger charge is -2.34. The predicted octanol–water partition coefficient (Wildman–Crippen LogP) is 5.17. The average molecular weight is 685 g/mol. The van der Waals surface area contributed by atoms with Crippen LogP contribution in [-0.4, -0.2) is 102 Å². The molecule has 0 atom stereocenters. The number of aromatic nitrogens is 1. The van der Waals surface area contributed by atoms with Gasteiger partial charge in [-0.1, -0.05) is 24.3 Å². The number of ether oxygens (including phenoxy) is 3. The average Bonchev–Trinajstić information content (AvgIpc) is 3.09. The van der Waals surface area contributed by atoms with Crippen molar-refractivity contribution in [2.45, 2.75) is 45.1 Å². The van der Waals surface area contributed by atoms with Crippen molar-refractivity contribution < 1.29 is 28.6 Å². The van der Waals surface area contributed by atoms with E-state index in [1.807, 2.05) is 68.1 Å². The zero-order chi connectivity index (χ0) is 35.5. The maximum Gasteiger partial charge on any atom is 0.407 e. The van der Waals surface area contributed by atoms with Crippen LogP contribution >= 0.6 is 0 Å². The summed E-state index contributed by atoms with van der Waals surface area (Å²) in [5, 5.41) is 2.81. The van der Waals surface area contributed by atoms with Crippen molar-refractivity contribution in [2.24, 2.45) is 5.73 Å². The Bertz CT molecular complexity index is 1610. The Morgan fingerprint density at radius 3 is 2.10 bits per heavy atom. The monoisotopic (exact) mass is 684 g/mol. The summed E-state index contributed by atoms with van der Waals surface area (Å²) in [5.74, 6) is 1.54. The molecular weight excluding hydrogens is 636 g/mol. The summed E-state index contributed by atoms with van der Waals surface area (Å²) in [6, 6.07) is 20.0. The Hall–Kier alpha value is -4.94. The Labute approximate surface area is 294 Å². The Kier molecular flexibility index (Phi) is 12.5. The van der Waals surface area contributed by atoms with Crippen LogP contribution in [0.2, 0.25) is 0 Å². The zero-order valence-electron chi connectivity index (χ0n) is 29.2. The maximum absolute atomic E-state index is 13.0. The summed E-state index contributed by atoms with van der Waals surface area (Å²) < 4.78 is 17.2. The van der Waals surface area contributed by atoms with E-state index in [2.05, 4.69) is 15.1 Å². The number of hydrogen-bond donors (Lipinski definition) is 2. The molecule has 0 saturated carbocycles. The quantitative estimate of drug-likeness (QED) is 0.248. The predicted molar refractivity (Wildman–Crippen MR) is 191 cm³/mol. The Morgan fingerprint density at radius 1 is 0.840 bits per heavy atom. The summed E-state index contributed by atoms with van der Waals surface area (Å²) >= 11 is 0. The Balaban J connectivity index is 1.05. The summed E-state index contributed by atoms with van der Waals surface area (Å²) in [5.41, 5.74) is 6.14. The van der Waals surface area contributed by atoms with E-state index in [1.165, 1.54) is 0 Å². The van der Waals surface area contributed by atoms with Gasteiger partial charge in [0.15, 0.2) is 0 Å². The van der Waals surface area contributed by atoms with Gasteiger partial charge in [-0.2, -0.15) is 0 Å². The van der Waals surface area contributed by atoms with Crippen LogP contribution in [0.15, 0.2) is 78.9 Å². The van der Waals surface area contributed by atoms with Gasteiger partial charge in [0.05, 0.1) is 0 Å². The molecule has 12 nitrogen and oxygen atoms in total. The van der Waals surface area contributed by atoms with Gasteiger partial charge in [0.1, 0.15) is 28.4 Å². The molecule has 2 saturated heterocycles. The van der Waals surface area contributed by atoms with E-state index in [4.69, 9.17) is 24.9 Å². The van der Waals surface area contributed by atoms with Gasteiger partial charge in [-0.3, -0.25) is 19.4 Å². The number of rotatable bonds is 12. The van der Waals surface area contributed by atoms with Gasteiger partial charge in [-0.05, 0) is 82.1 Å². The molecule has 3 amide bonds. The third-order valence-corrected chi connectivity index (χ3v) is 8.57. The van der Waals surface area contributed by atoms with E-state index >= 15 is 0 Å². The Morgan fingerprint density at radius 2 is 1.46 bits per heavy atom. The van der Waals surface area contributed by atoms with Crippen LogP contribution in [0.4, 0.5) is 4.79 Å². The fraction of sp³-hybridized carbons (Fsp3) is 0.421. The van der Waals surface area contributed by atoms with Crippen LogP contribution in [0.25, 0.3) is 0 Å². The number of piperidine rings is 1. The van der Waals surface area contributed by atoms with Gasteiger partial charge in [0.25, 0.3) is 5.91 Å². The number of para-hydroxylation sites is 1. The van der Waals surface area contributed by atoms with E-state index < -0.39 is 17.6 Å². The van der Waals surface area contributed by atoms with Gasteiger partial charge in [-0.15, -0.1) is 0 Å². The number of piperazine rings is 1. The highest BCUT2D eigenvalue weighted by Gasteiger charge is 2.26. The molecule has 0 radical (unpaired) electrons. The summed E-state index contributed by atoms with van der Waals surface area (Å²) in [7, 11) is 0. The number of carbonyl (C=O) groups is 3. The van der Waals surface area contributed by atoms with E-state index in [1.54, 1.807) is 36.4 Å². The molecule has 2 aliphatic rings. The zero-order valence-corrected chi connectivity index (χ0v) is 29.2. The van der Waals surface area contributed by atoms with E-state index in [0.717, 1.165) is 57.0 Å². The number of hydrogen-bond acceptors (Lipinski definition) is 9. The molecule has 2 aromatic carbocycles. The first-order chi connectivity index (χ1) is 24.0. The number of amides is 3. The van der Waals surface area contributed by atoms with Gasteiger partial charge >= 0.3 is 6.09 Å². The molecule has 266 valence electrons. The summed E-state index contributed by atoms with van der Waals surface area (Å²) in [6.07, 6.45) is 4.73. The summed E-state index contributed by atoms with van der Waals surface area (Å²) in [6.45, 7) is 12.4. The van der Waals surface area contributed by atoms with E-state index in [-0.39, 0.29) is 23.3 Å². The van der Waals surface area contributed by atoms with Crippen LogP contribution in [-0.2, 0) is 9.53 Å². The third kappa shape index (κ3) is 11.0. The SMILES string of the molecule is CC(C)(C)OC(=O)NCCN1CCN(CC=CC(=O)N2CCC(c3ccc(C(N)=O)c(Oc4ccc(Oc5ccccc5)cc4)n3)CC2)CC1. The second kappa shape index (κ2) is 17.1. The number of nitrogens with zero attached hydrogens (tertiary/aromatic N) is 4. The smallest absolute Gasteiger partial charge is 0.407 e. The number of primary amides is 1. The molecule has 0 bridgehead atoms. The van der Waals surface area contributed by atoms with Crippen molar-refractivity contribution >= 4 is 17.9 Å². The van der Waals surface area contributed by atoms with Crippen molar-refractivity contribution in [3.63, 3.8) is 0 Å². The first kappa shape index (κ1) is 36.3. The highest BCUT2D eigenvalue weighted by atomic mass is 16.6. The fourth-order valence-corrected chi connectivity index (χ4v) is 5.89. The second-order valence-corrected chi connectivity index (χ2v) is 13.5. The highest BCUT2D eigenvalue weighted by molar-refractivity contribution is 5.95. The normalized spacial score (nSPS) is 16.3. The van der Waals surface area contributed by atoms with Crippen LogP contribution in [0, 0.1) is 0 Å². The highest BCUT2D eigenvalue weighted by Crippen LogP contribution is 2.32. The van der Waals surface area contributed by atoms with Crippen molar-refractivity contribution in [2.75, 3.05) is 58.9 Å². The standard InChI is InChI=1S/C38H48N6O6/c1-38(2,3)50-37(47)40-19-23-43-26-24-42(25-27-43)20-7-10-34(45)44-21-17-28(18-22-44)33-16-15-32(35(39)46)36(41-33)49-31-13-11-30(12-14-31)48-29-8-5-4-6-9-29/h4-16,28H,17-27H2,1-3H3,(H2,39,46)(H,40,47). The number of nitrogens with two attached hydrogens (primary N) is 1. The molecule has 5 rings (SSSR count). The molecule has 3 heterocycles. The number of nitrogens with one attached hydrogen (secondary N) is 1. The van der Waals surface area contributed by atoms with Gasteiger partial charge in [0, 0.05) is 76.6 Å². The lowest BCUT2D eigenvalue weighted by atomic mass is 9.92. The fourth-order valence-electron chi connectivity index (χ4n) is 5.89. The molecule has 2 fully saturated rings. The first-order valence-corrected chi connectivity index (χ1v) is 17.2. The van der Waals surface area contributed by atoms with Crippen LogP contribution in [0.1, 0.15) is 55.6 Å². The molecule has 0 aliphatic carbocycles. The molecule has 2 aliphatic heterocycles. The van der Waals surface area contributed by atoms with E-state index in [0.29, 0.717) is 37.7 Å². The number of likely N-dealkylation sites (tertiary alicyclic amines) is 1. The molecule has 3 N–H and O–H groups in total. The lowest BCUT2D eigenvalue weighted by Crippen LogP contribution is -2.48. The van der Waals surface area contributed by atoms with Crippen LogP contribution in [0.5, 0.6) is 23.1 Å². The molecule has 0 spiro atoms. The third-order valence-electron chi connectivity index (χ3n) is 8.57. The maximum atomic E-state index is 13.0. The van der Waals surface area contributed by atoms with Crippen molar-refractivity contribution in [3.8, 4) is 23.1 Å². The molecular formula is C38H48N6O6. The van der Waals surface area contributed by atoms with Gasteiger partial charge in [-0.25, -0.2) is 9.78 Å². The minimum Gasteiger partial charge on any atom is -0.457 e. The van der Waals surface area contributed by atoms with Crippen LogP contribution in [0.3, 0.4) is 0 Å². The van der Waals surface area contributed by atoms with Crippen molar-refractivity contribution in [1.82, 2.24) is 25.0 Å². The molecule has 1 aromatic heterocycles. The molecule has 0 unspecified atom stereocenters. The molecule has 50 heavy (non-hydrogen) atoms. The lowest BCUT2D eigenvalue weighted by molar-refractivity contribution is -0.127. The van der Waals surface area contributed by atoms with E-state index in [9.17, 15) is 14.4 Å². The van der Waals surface area contributed by atoms with Crippen molar-refractivity contribution in [1.29, 1.82) is 0 Å². The minimum atomic E-state index is -0.621. The van der Waals surface area contributed by atoms with Gasteiger partial charge in [0.2, 0.25) is 11.8 Å². The van der Waals surface area contributed by atoms with Gasteiger partial charge < -0.3 is 30.2 Å². The number of alkyl carbamates (subject to hydrolysis) is 1. The van der Waals surface area contributed by atoms with Crippen LogP contribution < -0.4 is 20.5 Å². The molecule has 12 heteroatoms. The number of carbonyl (C=O) groups excluding carboxylic acids is 3. The molecule has 3 aromatic rings. The number of pyridine rings is 1. The largest absolute Gasteiger partial charge is 0.457 e. The number of benzene rings is 2. The first-order valence-electron chi connectivity index (χ1n) is 17.2.